The lowest BCUT2D eigenvalue weighted by Gasteiger charge is -2.07. The van der Waals surface area contributed by atoms with Crippen molar-refractivity contribution in [2.24, 2.45) is 5.73 Å². The Balaban J connectivity index is 2.74. The third-order valence-corrected chi connectivity index (χ3v) is 1.85. The molecule has 2 amide bonds. The van der Waals surface area contributed by atoms with E-state index in [1.165, 1.54) is 0 Å². The van der Waals surface area contributed by atoms with E-state index >= 15 is 0 Å². The number of H-pyrrole nitrogens is 2. The average Bonchev–Trinajstić information content (AvgIpc) is 2.25. The van der Waals surface area contributed by atoms with Gasteiger partial charge in [0.2, 0.25) is 5.91 Å². The number of hydrogen-bond donors (Lipinski definition) is 5. The highest BCUT2D eigenvalue weighted by molar-refractivity contribution is 5.93. The molecule has 0 radical (unpaired) electrons. The second kappa shape index (κ2) is 5.07. The predicted octanol–water partition coefficient (Wildman–Crippen LogP) is -3.36. The second-order valence-corrected chi connectivity index (χ2v) is 3.11. The number of hydrogen-bond acceptors (Lipinski definition) is 5. The number of primary amides is 1. The van der Waals surface area contributed by atoms with Gasteiger partial charge in [-0.15, -0.1) is 0 Å². The van der Waals surface area contributed by atoms with E-state index in [-0.39, 0.29) is 5.56 Å². The standard InChI is InChI=1S/C8H10N4O5/c9-5(14)4(13)2-10-6(15)3-1-11-8(17)12-7(3)16/h1,4,13H,2H2,(H2,9,14)(H,10,15)(H2,11,12,16,17). The molecule has 9 nitrogen and oxygen atoms in total. The molecule has 1 rings (SSSR count). The molecule has 1 heterocycles. The molecule has 0 fully saturated rings. The summed E-state index contributed by atoms with van der Waals surface area (Å²) >= 11 is 0. The fraction of sp³-hybridized carbons (Fsp3) is 0.250. The first kappa shape index (κ1) is 12.6. The van der Waals surface area contributed by atoms with Gasteiger partial charge in [0.05, 0.1) is 6.54 Å². The van der Waals surface area contributed by atoms with Gasteiger partial charge in [0.1, 0.15) is 11.7 Å². The summed E-state index contributed by atoms with van der Waals surface area (Å²) in [6.07, 6.45) is -0.617. The minimum atomic E-state index is -1.54. The number of carbonyl (C=O) groups is 2. The topological polar surface area (TPSA) is 158 Å². The first-order valence-electron chi connectivity index (χ1n) is 4.49. The number of amides is 2. The van der Waals surface area contributed by atoms with Crippen molar-refractivity contribution in [1.29, 1.82) is 0 Å². The Kier molecular flexibility index (Phi) is 3.78. The fourth-order valence-electron chi connectivity index (χ4n) is 0.964. The zero-order valence-electron chi connectivity index (χ0n) is 8.52. The first-order chi connectivity index (χ1) is 7.91. The molecular formula is C8H10N4O5. The Morgan fingerprint density at radius 1 is 1.47 bits per heavy atom. The highest BCUT2D eigenvalue weighted by atomic mass is 16.3. The largest absolute Gasteiger partial charge is 0.381 e. The lowest BCUT2D eigenvalue weighted by molar-refractivity contribution is -0.125. The van der Waals surface area contributed by atoms with Crippen LogP contribution in [0.4, 0.5) is 0 Å². The Morgan fingerprint density at radius 3 is 2.65 bits per heavy atom. The number of rotatable bonds is 4. The molecule has 1 unspecified atom stereocenters. The molecule has 0 aromatic carbocycles. The van der Waals surface area contributed by atoms with Gasteiger partial charge in [0.15, 0.2) is 0 Å². The highest BCUT2D eigenvalue weighted by Crippen LogP contribution is 1.86. The number of aromatic nitrogens is 2. The van der Waals surface area contributed by atoms with Crippen LogP contribution in [0.25, 0.3) is 0 Å². The molecule has 1 aromatic rings. The number of aliphatic hydroxyl groups excluding tert-OH is 1. The highest BCUT2D eigenvalue weighted by Gasteiger charge is 2.15. The lowest BCUT2D eigenvalue weighted by atomic mass is 10.3. The van der Waals surface area contributed by atoms with Crippen LogP contribution in [0.1, 0.15) is 10.4 Å². The molecule has 1 aromatic heterocycles. The molecule has 92 valence electrons. The van der Waals surface area contributed by atoms with E-state index in [1.807, 2.05) is 4.98 Å². The quantitative estimate of drug-likeness (QED) is 0.372. The van der Waals surface area contributed by atoms with Crippen LogP contribution in [0.3, 0.4) is 0 Å². The van der Waals surface area contributed by atoms with E-state index in [0.717, 1.165) is 6.20 Å². The SMILES string of the molecule is NC(=O)C(O)CNC(=O)c1c[nH]c(=O)[nH]c1=O. The predicted molar refractivity (Wildman–Crippen MR) is 55.2 cm³/mol. The zero-order chi connectivity index (χ0) is 13.0. The van der Waals surface area contributed by atoms with E-state index in [0.29, 0.717) is 0 Å². The van der Waals surface area contributed by atoms with E-state index in [1.54, 1.807) is 0 Å². The number of carbonyl (C=O) groups excluding carboxylic acids is 2. The first-order valence-corrected chi connectivity index (χ1v) is 4.49. The smallest absolute Gasteiger partial charge is 0.325 e. The maximum Gasteiger partial charge on any atom is 0.325 e. The molecule has 0 aliphatic rings. The van der Waals surface area contributed by atoms with Gasteiger partial charge in [0, 0.05) is 6.20 Å². The van der Waals surface area contributed by atoms with Crippen molar-refractivity contribution in [2.45, 2.75) is 6.10 Å². The van der Waals surface area contributed by atoms with Crippen LogP contribution in [0.2, 0.25) is 0 Å². The molecule has 17 heavy (non-hydrogen) atoms. The van der Waals surface area contributed by atoms with Crippen LogP contribution >= 0.6 is 0 Å². The third kappa shape index (κ3) is 3.28. The monoisotopic (exact) mass is 242 g/mol. The minimum absolute atomic E-state index is 0.346. The Morgan fingerprint density at radius 2 is 2.12 bits per heavy atom. The van der Waals surface area contributed by atoms with Gasteiger partial charge in [-0.2, -0.15) is 0 Å². The van der Waals surface area contributed by atoms with Gasteiger partial charge in [0.25, 0.3) is 11.5 Å². The van der Waals surface area contributed by atoms with E-state index < -0.39 is 35.7 Å². The molecule has 9 heteroatoms. The summed E-state index contributed by atoms with van der Waals surface area (Å²) in [5, 5.41) is 11.1. The Bertz CT molecular complexity index is 545. The number of aliphatic hydroxyl groups is 1. The molecule has 0 saturated heterocycles. The summed E-state index contributed by atoms with van der Waals surface area (Å²) < 4.78 is 0. The van der Waals surface area contributed by atoms with Crippen LogP contribution in [-0.4, -0.2) is 39.5 Å². The summed E-state index contributed by atoms with van der Waals surface area (Å²) in [6, 6.07) is 0. The molecule has 0 saturated carbocycles. The molecule has 0 aliphatic carbocycles. The van der Waals surface area contributed by atoms with Crippen molar-refractivity contribution >= 4 is 11.8 Å². The van der Waals surface area contributed by atoms with Crippen molar-refractivity contribution in [3.63, 3.8) is 0 Å². The second-order valence-electron chi connectivity index (χ2n) is 3.11. The normalized spacial score (nSPS) is 11.8. The summed E-state index contributed by atoms with van der Waals surface area (Å²) in [4.78, 5) is 47.7. The van der Waals surface area contributed by atoms with Crippen molar-refractivity contribution in [2.75, 3.05) is 6.54 Å². The summed E-state index contributed by atoms with van der Waals surface area (Å²) in [5.74, 6) is -1.84. The molecule has 1 atom stereocenters. The van der Waals surface area contributed by atoms with Gasteiger partial charge in [-0.05, 0) is 0 Å². The molecule has 6 N–H and O–H groups in total. The number of nitrogens with one attached hydrogen (secondary N) is 3. The van der Waals surface area contributed by atoms with Gasteiger partial charge in [-0.25, -0.2) is 4.79 Å². The maximum atomic E-state index is 11.4. The minimum Gasteiger partial charge on any atom is -0.381 e. The van der Waals surface area contributed by atoms with Crippen LogP contribution in [-0.2, 0) is 4.79 Å². The van der Waals surface area contributed by atoms with Crippen LogP contribution < -0.4 is 22.3 Å². The number of aromatic amines is 2. The molecule has 0 bridgehead atoms. The zero-order valence-corrected chi connectivity index (χ0v) is 8.52. The number of nitrogens with two attached hydrogens (primary N) is 1. The van der Waals surface area contributed by atoms with Crippen LogP contribution in [0.5, 0.6) is 0 Å². The van der Waals surface area contributed by atoms with E-state index in [2.05, 4.69) is 10.3 Å². The Hall–Kier alpha value is -2.42. The van der Waals surface area contributed by atoms with Crippen LogP contribution in [0.15, 0.2) is 15.8 Å². The van der Waals surface area contributed by atoms with Gasteiger partial charge < -0.3 is 21.1 Å². The summed E-state index contributed by atoms with van der Waals surface area (Å²) in [6.45, 7) is -0.424. The lowest BCUT2D eigenvalue weighted by Crippen LogP contribution is -2.41. The van der Waals surface area contributed by atoms with Gasteiger partial charge in [-0.1, -0.05) is 0 Å². The molecular weight excluding hydrogens is 232 g/mol. The van der Waals surface area contributed by atoms with Crippen molar-refractivity contribution in [3.05, 3.63) is 32.6 Å². The fourth-order valence-corrected chi connectivity index (χ4v) is 0.964. The summed E-state index contributed by atoms with van der Waals surface area (Å²) in [7, 11) is 0. The molecule has 0 spiro atoms. The van der Waals surface area contributed by atoms with Gasteiger partial charge in [-0.3, -0.25) is 19.4 Å². The van der Waals surface area contributed by atoms with E-state index in [9.17, 15) is 19.2 Å². The van der Waals surface area contributed by atoms with Crippen molar-refractivity contribution < 1.29 is 14.7 Å². The molecule has 0 aliphatic heterocycles. The van der Waals surface area contributed by atoms with Crippen molar-refractivity contribution in [3.8, 4) is 0 Å². The average molecular weight is 242 g/mol. The van der Waals surface area contributed by atoms with Crippen molar-refractivity contribution in [1.82, 2.24) is 15.3 Å². The third-order valence-electron chi connectivity index (χ3n) is 1.85. The Labute approximate surface area is 93.7 Å². The van der Waals surface area contributed by atoms with Crippen LogP contribution in [0, 0.1) is 0 Å². The van der Waals surface area contributed by atoms with E-state index in [4.69, 9.17) is 10.8 Å². The maximum absolute atomic E-state index is 11.4. The van der Waals surface area contributed by atoms with Gasteiger partial charge >= 0.3 is 5.69 Å². The summed E-state index contributed by atoms with van der Waals surface area (Å²) in [5.41, 5.74) is 2.79.